The lowest BCUT2D eigenvalue weighted by Crippen LogP contribution is -2.27. The molecule has 3 aromatic carbocycles. The molecule has 7 heteroatoms. The minimum Gasteiger partial charge on any atom is -0.484 e. The van der Waals surface area contributed by atoms with Gasteiger partial charge in [0.15, 0.2) is 10.9 Å². The molecule has 0 saturated carbocycles. The zero-order valence-electron chi connectivity index (χ0n) is 19.1. The van der Waals surface area contributed by atoms with Crippen molar-refractivity contribution in [3.8, 4) is 5.75 Å². The van der Waals surface area contributed by atoms with E-state index in [0.29, 0.717) is 15.0 Å². The van der Waals surface area contributed by atoms with E-state index in [4.69, 9.17) is 17.0 Å². The smallest absolute Gasteiger partial charge is 0.270 e. The second-order valence-electron chi connectivity index (χ2n) is 8.13. The predicted molar refractivity (Wildman–Crippen MR) is 143 cm³/mol. The zero-order valence-corrected chi connectivity index (χ0v) is 20.8. The summed E-state index contributed by atoms with van der Waals surface area (Å²) in [4.78, 5) is 27.3. The summed E-state index contributed by atoms with van der Waals surface area (Å²) in [5.74, 6) is 0.205. The fourth-order valence-corrected chi connectivity index (χ4v) is 4.89. The summed E-state index contributed by atoms with van der Waals surface area (Å²) >= 11 is 6.72. The molecule has 5 nitrogen and oxygen atoms in total. The van der Waals surface area contributed by atoms with Gasteiger partial charge < -0.3 is 10.1 Å². The highest BCUT2D eigenvalue weighted by molar-refractivity contribution is 8.27. The molecule has 0 unspecified atom stereocenters. The minimum absolute atomic E-state index is 0.0957. The number of amides is 2. The van der Waals surface area contributed by atoms with Crippen molar-refractivity contribution in [2.45, 2.75) is 20.8 Å². The lowest BCUT2D eigenvalue weighted by atomic mass is 10.1. The van der Waals surface area contributed by atoms with Gasteiger partial charge in [-0.25, -0.2) is 0 Å². The van der Waals surface area contributed by atoms with E-state index in [1.807, 2.05) is 81.4 Å². The van der Waals surface area contributed by atoms with Crippen molar-refractivity contribution in [2.24, 2.45) is 0 Å². The first-order valence-electron chi connectivity index (χ1n) is 10.7. The van der Waals surface area contributed by atoms with E-state index in [2.05, 4.69) is 5.32 Å². The number of thioether (sulfide) groups is 1. The third kappa shape index (κ3) is 5.73. The summed E-state index contributed by atoms with van der Waals surface area (Å²) in [6.45, 7) is 5.88. The van der Waals surface area contributed by atoms with Crippen molar-refractivity contribution in [2.75, 3.05) is 16.8 Å². The van der Waals surface area contributed by atoms with E-state index >= 15 is 0 Å². The molecule has 1 aliphatic rings. The molecule has 3 aromatic rings. The van der Waals surface area contributed by atoms with Crippen LogP contribution >= 0.6 is 24.0 Å². The van der Waals surface area contributed by atoms with Gasteiger partial charge in [0.2, 0.25) is 0 Å². The number of carbonyl (C=O) groups is 2. The summed E-state index contributed by atoms with van der Waals surface area (Å²) in [5.41, 5.74) is 5.65. The quantitative estimate of drug-likeness (QED) is 0.339. The monoisotopic (exact) mass is 488 g/mol. The standard InChI is InChI=1S/C27H24N2O3S2/c1-17-4-8-22(9-5-17)29-26(31)24(34-27(29)33)15-20-6-10-23(11-7-20)32-16-25(30)28-21-13-18(2)12-19(3)14-21/h4-15H,16H2,1-3H3,(H,28,30)/b24-15-. The Labute approximate surface area is 208 Å². The van der Waals surface area contributed by atoms with Crippen LogP contribution in [0, 0.1) is 20.8 Å². The second-order valence-corrected chi connectivity index (χ2v) is 9.81. The Morgan fingerprint density at radius 2 is 1.62 bits per heavy atom. The van der Waals surface area contributed by atoms with E-state index in [1.165, 1.54) is 11.8 Å². The molecule has 0 aliphatic carbocycles. The van der Waals surface area contributed by atoms with Crippen LogP contribution in [0.3, 0.4) is 0 Å². The number of thiocarbonyl (C=S) groups is 1. The van der Waals surface area contributed by atoms with E-state index in [0.717, 1.165) is 33.6 Å². The summed E-state index contributed by atoms with van der Waals surface area (Å²) < 4.78 is 6.12. The molecule has 0 bridgehead atoms. The molecule has 2 amide bonds. The van der Waals surface area contributed by atoms with Gasteiger partial charge in [-0.1, -0.05) is 59.9 Å². The lowest BCUT2D eigenvalue weighted by Gasteiger charge is -2.14. The normalized spacial score (nSPS) is 14.6. The number of hydrogen-bond donors (Lipinski definition) is 1. The van der Waals surface area contributed by atoms with Crippen molar-refractivity contribution in [3.05, 3.63) is 93.9 Å². The summed E-state index contributed by atoms with van der Waals surface area (Å²) in [6, 6.07) is 20.8. The topological polar surface area (TPSA) is 58.6 Å². The van der Waals surface area contributed by atoms with Gasteiger partial charge in [0, 0.05) is 5.69 Å². The Balaban J connectivity index is 1.37. The molecule has 1 heterocycles. The van der Waals surface area contributed by atoms with Gasteiger partial charge in [-0.15, -0.1) is 0 Å². The number of anilines is 2. The van der Waals surface area contributed by atoms with Crippen LogP contribution in [-0.2, 0) is 9.59 Å². The molecular formula is C27H24N2O3S2. The van der Waals surface area contributed by atoms with E-state index in [1.54, 1.807) is 17.0 Å². The maximum Gasteiger partial charge on any atom is 0.270 e. The number of rotatable bonds is 6. The van der Waals surface area contributed by atoms with Crippen molar-refractivity contribution in [1.82, 2.24) is 0 Å². The summed E-state index contributed by atoms with van der Waals surface area (Å²) in [7, 11) is 0. The Morgan fingerprint density at radius 3 is 2.26 bits per heavy atom. The predicted octanol–water partition coefficient (Wildman–Crippen LogP) is 6.04. The molecule has 1 N–H and O–H groups in total. The van der Waals surface area contributed by atoms with Gasteiger partial charge in [-0.3, -0.25) is 14.5 Å². The molecule has 1 fully saturated rings. The third-order valence-corrected chi connectivity index (χ3v) is 6.44. The van der Waals surface area contributed by atoms with Crippen molar-refractivity contribution in [3.63, 3.8) is 0 Å². The van der Waals surface area contributed by atoms with Gasteiger partial charge in [0.1, 0.15) is 5.75 Å². The van der Waals surface area contributed by atoms with Crippen LogP contribution in [0.25, 0.3) is 6.08 Å². The molecule has 0 aromatic heterocycles. The lowest BCUT2D eigenvalue weighted by molar-refractivity contribution is -0.118. The van der Waals surface area contributed by atoms with E-state index in [-0.39, 0.29) is 18.4 Å². The van der Waals surface area contributed by atoms with Crippen LogP contribution in [0.5, 0.6) is 5.75 Å². The SMILES string of the molecule is Cc1ccc(N2C(=O)/C(=C/c3ccc(OCC(=O)Nc4cc(C)cc(C)c4)cc3)SC2=S)cc1. The molecule has 0 spiro atoms. The van der Waals surface area contributed by atoms with Crippen LogP contribution in [0.2, 0.25) is 0 Å². The number of nitrogens with one attached hydrogen (secondary N) is 1. The number of aryl methyl sites for hydroxylation is 3. The maximum absolute atomic E-state index is 12.9. The molecule has 34 heavy (non-hydrogen) atoms. The molecule has 172 valence electrons. The van der Waals surface area contributed by atoms with Gasteiger partial charge in [0.05, 0.1) is 10.6 Å². The van der Waals surface area contributed by atoms with E-state index < -0.39 is 0 Å². The Morgan fingerprint density at radius 1 is 0.971 bits per heavy atom. The Bertz CT molecular complexity index is 1260. The number of carbonyl (C=O) groups excluding carboxylic acids is 2. The molecule has 1 saturated heterocycles. The first-order valence-corrected chi connectivity index (χ1v) is 12.0. The van der Waals surface area contributed by atoms with Crippen molar-refractivity contribution in [1.29, 1.82) is 0 Å². The maximum atomic E-state index is 12.9. The third-order valence-electron chi connectivity index (χ3n) is 5.14. The Hall–Kier alpha value is -3.42. The Kier molecular flexibility index (Phi) is 7.14. The van der Waals surface area contributed by atoms with Gasteiger partial charge in [-0.05, 0) is 79.9 Å². The van der Waals surface area contributed by atoms with E-state index in [9.17, 15) is 9.59 Å². The zero-order chi connectivity index (χ0) is 24.2. The largest absolute Gasteiger partial charge is 0.484 e. The number of benzene rings is 3. The first-order chi connectivity index (χ1) is 16.3. The molecular weight excluding hydrogens is 464 g/mol. The number of hydrogen-bond acceptors (Lipinski definition) is 5. The van der Waals surface area contributed by atoms with Gasteiger partial charge in [-0.2, -0.15) is 0 Å². The fourth-order valence-electron chi connectivity index (χ4n) is 3.59. The highest BCUT2D eigenvalue weighted by Gasteiger charge is 2.33. The molecule has 0 atom stereocenters. The summed E-state index contributed by atoms with van der Waals surface area (Å²) in [6.07, 6.45) is 1.81. The molecule has 0 radical (unpaired) electrons. The molecule has 1 aliphatic heterocycles. The first kappa shape index (κ1) is 23.7. The minimum atomic E-state index is -0.228. The average molecular weight is 489 g/mol. The average Bonchev–Trinajstić information content (AvgIpc) is 3.06. The van der Waals surface area contributed by atoms with Crippen LogP contribution in [-0.4, -0.2) is 22.7 Å². The van der Waals surface area contributed by atoms with Crippen molar-refractivity contribution >= 4 is 57.6 Å². The van der Waals surface area contributed by atoms with Crippen molar-refractivity contribution < 1.29 is 14.3 Å². The van der Waals surface area contributed by atoms with Crippen LogP contribution < -0.4 is 15.0 Å². The molecule has 4 rings (SSSR count). The highest BCUT2D eigenvalue weighted by Crippen LogP contribution is 2.36. The number of nitrogens with zero attached hydrogens (tertiary/aromatic N) is 1. The van der Waals surface area contributed by atoms with Gasteiger partial charge in [0.25, 0.3) is 11.8 Å². The highest BCUT2D eigenvalue weighted by atomic mass is 32.2. The van der Waals surface area contributed by atoms with Crippen LogP contribution in [0.1, 0.15) is 22.3 Å². The van der Waals surface area contributed by atoms with Crippen LogP contribution in [0.15, 0.2) is 71.6 Å². The fraction of sp³-hybridized carbons (Fsp3) is 0.148. The van der Waals surface area contributed by atoms with Crippen LogP contribution in [0.4, 0.5) is 11.4 Å². The number of ether oxygens (including phenoxy) is 1. The van der Waals surface area contributed by atoms with Gasteiger partial charge >= 0.3 is 0 Å². The summed E-state index contributed by atoms with van der Waals surface area (Å²) in [5, 5.41) is 2.85. The second kappa shape index (κ2) is 10.2.